The van der Waals surface area contributed by atoms with Gasteiger partial charge in [0, 0.05) is 25.0 Å². The summed E-state index contributed by atoms with van der Waals surface area (Å²) in [4.78, 5) is 14.1. The summed E-state index contributed by atoms with van der Waals surface area (Å²) in [5.74, 6) is 0.176. The first-order valence-corrected chi connectivity index (χ1v) is 9.05. The van der Waals surface area contributed by atoms with Crippen molar-refractivity contribution in [1.82, 2.24) is 4.90 Å². The second-order valence-corrected chi connectivity index (χ2v) is 7.69. The van der Waals surface area contributed by atoms with Crippen LogP contribution in [0.4, 0.5) is 0 Å². The van der Waals surface area contributed by atoms with Gasteiger partial charge in [0.2, 0.25) is 5.91 Å². The summed E-state index contributed by atoms with van der Waals surface area (Å²) in [6.07, 6.45) is 0.733. The summed E-state index contributed by atoms with van der Waals surface area (Å²) >= 11 is 0. The van der Waals surface area contributed by atoms with Crippen LogP contribution in [0.5, 0.6) is 0 Å². The third kappa shape index (κ3) is 4.04. The van der Waals surface area contributed by atoms with Crippen molar-refractivity contribution in [2.75, 3.05) is 18.1 Å². The van der Waals surface area contributed by atoms with Crippen LogP contribution in [0.1, 0.15) is 31.4 Å². The molecule has 116 valence electrons. The molecule has 6 heteroatoms. The van der Waals surface area contributed by atoms with Crippen molar-refractivity contribution in [2.45, 2.75) is 31.8 Å². The Labute approximate surface area is 126 Å². The van der Waals surface area contributed by atoms with Crippen molar-refractivity contribution in [1.29, 1.82) is 0 Å². The lowest BCUT2D eigenvalue weighted by molar-refractivity contribution is -0.133. The zero-order chi connectivity index (χ0) is 15.5. The highest BCUT2D eigenvalue weighted by atomic mass is 32.2. The van der Waals surface area contributed by atoms with Crippen molar-refractivity contribution >= 4 is 15.7 Å². The van der Waals surface area contributed by atoms with Gasteiger partial charge in [0.1, 0.15) is 0 Å². The van der Waals surface area contributed by atoms with Gasteiger partial charge in [0.05, 0.1) is 11.5 Å². The minimum atomic E-state index is -2.99. The van der Waals surface area contributed by atoms with E-state index < -0.39 is 9.84 Å². The molecule has 1 aromatic rings. The summed E-state index contributed by atoms with van der Waals surface area (Å²) in [7, 11) is -2.99. The van der Waals surface area contributed by atoms with Gasteiger partial charge in [-0.3, -0.25) is 4.79 Å². The largest absolute Gasteiger partial charge is 0.339 e. The van der Waals surface area contributed by atoms with Gasteiger partial charge in [-0.2, -0.15) is 0 Å². The topological polar surface area (TPSA) is 80.5 Å². The van der Waals surface area contributed by atoms with E-state index in [2.05, 4.69) is 0 Å². The molecule has 0 aromatic heterocycles. The fourth-order valence-electron chi connectivity index (χ4n) is 2.78. The van der Waals surface area contributed by atoms with Crippen LogP contribution in [0.3, 0.4) is 0 Å². The molecule has 2 unspecified atom stereocenters. The zero-order valence-corrected chi connectivity index (χ0v) is 13.1. The number of benzene rings is 1. The number of sulfone groups is 1. The quantitative estimate of drug-likeness (QED) is 0.883. The van der Waals surface area contributed by atoms with Crippen LogP contribution in [-0.4, -0.2) is 43.3 Å². The van der Waals surface area contributed by atoms with Gasteiger partial charge in [0.15, 0.2) is 9.84 Å². The van der Waals surface area contributed by atoms with E-state index in [1.807, 2.05) is 37.3 Å². The molecule has 1 saturated heterocycles. The molecule has 1 aliphatic heterocycles. The Kier molecular flexibility index (Phi) is 5.00. The molecule has 0 bridgehead atoms. The molecule has 2 N–H and O–H groups in total. The molecular weight excluding hydrogens is 288 g/mol. The molecule has 0 aliphatic carbocycles. The van der Waals surface area contributed by atoms with Crippen molar-refractivity contribution in [3.05, 3.63) is 35.9 Å². The number of hydrogen-bond acceptors (Lipinski definition) is 4. The van der Waals surface area contributed by atoms with E-state index in [-0.39, 0.29) is 35.9 Å². The van der Waals surface area contributed by atoms with Crippen LogP contribution in [0, 0.1) is 0 Å². The molecule has 1 heterocycles. The average Bonchev–Trinajstić information content (AvgIpc) is 2.80. The monoisotopic (exact) mass is 310 g/mol. The van der Waals surface area contributed by atoms with E-state index in [0.717, 1.165) is 5.56 Å². The fourth-order valence-corrected chi connectivity index (χ4v) is 4.51. The van der Waals surface area contributed by atoms with Crippen LogP contribution in [0.15, 0.2) is 30.3 Å². The molecule has 2 rings (SSSR count). The van der Waals surface area contributed by atoms with Gasteiger partial charge in [0.25, 0.3) is 0 Å². The van der Waals surface area contributed by atoms with Gasteiger partial charge >= 0.3 is 0 Å². The average molecular weight is 310 g/mol. The van der Waals surface area contributed by atoms with Gasteiger partial charge in [-0.1, -0.05) is 30.3 Å². The third-order valence-corrected chi connectivity index (χ3v) is 5.68. The number of hydrogen-bond donors (Lipinski definition) is 1. The number of rotatable bonds is 5. The SMILES string of the molecule is CCN(C(=O)CC(N)c1ccccc1)C1CCS(=O)(=O)C1. The van der Waals surface area contributed by atoms with Crippen LogP contribution in [-0.2, 0) is 14.6 Å². The smallest absolute Gasteiger partial charge is 0.224 e. The Balaban J connectivity index is 2.01. The normalized spacial score (nSPS) is 21.9. The van der Waals surface area contributed by atoms with E-state index in [1.165, 1.54) is 0 Å². The highest BCUT2D eigenvalue weighted by molar-refractivity contribution is 7.91. The predicted octanol–water partition coefficient (Wildman–Crippen LogP) is 1.11. The van der Waals surface area contributed by atoms with Gasteiger partial charge < -0.3 is 10.6 Å². The second-order valence-electron chi connectivity index (χ2n) is 5.46. The third-order valence-electron chi connectivity index (χ3n) is 3.93. The Morgan fingerprint density at radius 2 is 2.05 bits per heavy atom. The molecule has 1 aromatic carbocycles. The van der Waals surface area contributed by atoms with E-state index in [9.17, 15) is 13.2 Å². The fraction of sp³-hybridized carbons (Fsp3) is 0.533. The van der Waals surface area contributed by atoms with E-state index in [1.54, 1.807) is 4.90 Å². The number of amides is 1. The lowest BCUT2D eigenvalue weighted by Gasteiger charge is -2.28. The van der Waals surface area contributed by atoms with E-state index in [4.69, 9.17) is 5.73 Å². The molecule has 1 amide bonds. The standard InChI is InChI=1S/C15H22N2O3S/c1-2-17(13-8-9-21(19,20)11-13)15(18)10-14(16)12-6-4-3-5-7-12/h3-7,13-14H,2,8-11,16H2,1H3. The minimum Gasteiger partial charge on any atom is -0.339 e. The van der Waals surface area contributed by atoms with E-state index >= 15 is 0 Å². The summed E-state index contributed by atoms with van der Waals surface area (Å²) in [6, 6.07) is 8.92. The highest BCUT2D eigenvalue weighted by Crippen LogP contribution is 2.21. The highest BCUT2D eigenvalue weighted by Gasteiger charge is 2.34. The first-order chi connectivity index (χ1) is 9.93. The number of carbonyl (C=O) groups is 1. The summed E-state index contributed by atoms with van der Waals surface area (Å²) in [5, 5.41) is 0. The molecule has 5 nitrogen and oxygen atoms in total. The van der Waals surface area contributed by atoms with Crippen LogP contribution in [0.25, 0.3) is 0 Å². The first kappa shape index (κ1) is 16.0. The Bertz CT molecular complexity index is 586. The summed E-state index contributed by atoms with van der Waals surface area (Å²) in [5.41, 5.74) is 6.99. The number of nitrogens with zero attached hydrogens (tertiary/aromatic N) is 1. The number of nitrogens with two attached hydrogens (primary N) is 1. The predicted molar refractivity (Wildman–Crippen MR) is 82.4 cm³/mol. The lowest BCUT2D eigenvalue weighted by atomic mass is 10.0. The van der Waals surface area contributed by atoms with E-state index in [0.29, 0.717) is 13.0 Å². The minimum absolute atomic E-state index is 0.0732. The number of carbonyl (C=O) groups excluding carboxylic acids is 1. The maximum atomic E-state index is 12.4. The molecule has 1 fully saturated rings. The Morgan fingerprint density at radius 1 is 1.38 bits per heavy atom. The van der Waals surface area contributed by atoms with Crippen molar-refractivity contribution in [3.8, 4) is 0 Å². The zero-order valence-electron chi connectivity index (χ0n) is 12.2. The second kappa shape index (κ2) is 6.58. The van der Waals surface area contributed by atoms with Crippen molar-refractivity contribution < 1.29 is 13.2 Å². The molecule has 21 heavy (non-hydrogen) atoms. The molecule has 0 radical (unpaired) electrons. The molecule has 2 atom stereocenters. The molecule has 0 spiro atoms. The van der Waals surface area contributed by atoms with Gasteiger partial charge in [-0.15, -0.1) is 0 Å². The van der Waals surface area contributed by atoms with Gasteiger partial charge in [-0.25, -0.2) is 8.42 Å². The maximum Gasteiger partial charge on any atom is 0.224 e. The van der Waals surface area contributed by atoms with Crippen molar-refractivity contribution in [3.63, 3.8) is 0 Å². The van der Waals surface area contributed by atoms with Gasteiger partial charge in [-0.05, 0) is 18.9 Å². The van der Waals surface area contributed by atoms with Crippen LogP contribution in [0.2, 0.25) is 0 Å². The summed E-state index contributed by atoms with van der Waals surface area (Å²) in [6.45, 7) is 2.39. The Hall–Kier alpha value is -1.40. The maximum absolute atomic E-state index is 12.4. The van der Waals surface area contributed by atoms with Crippen LogP contribution < -0.4 is 5.73 Å². The lowest BCUT2D eigenvalue weighted by Crippen LogP contribution is -2.42. The molecule has 1 aliphatic rings. The van der Waals surface area contributed by atoms with Crippen molar-refractivity contribution in [2.24, 2.45) is 5.73 Å². The first-order valence-electron chi connectivity index (χ1n) is 7.23. The summed E-state index contributed by atoms with van der Waals surface area (Å²) < 4.78 is 23.1. The molecule has 0 saturated carbocycles. The van der Waals surface area contributed by atoms with Crippen LogP contribution >= 0.6 is 0 Å². The Morgan fingerprint density at radius 3 is 2.57 bits per heavy atom. The molecular formula is C15H22N2O3S.